The lowest BCUT2D eigenvalue weighted by Crippen LogP contribution is -2.46. The first kappa shape index (κ1) is 15.4. The van der Waals surface area contributed by atoms with Crippen LogP contribution in [0, 0.1) is 5.92 Å². The van der Waals surface area contributed by atoms with Crippen molar-refractivity contribution in [3.63, 3.8) is 0 Å². The van der Waals surface area contributed by atoms with Gasteiger partial charge in [0.25, 0.3) is 5.91 Å². The fraction of sp³-hybridized carbons (Fsp3) is 0.500. The van der Waals surface area contributed by atoms with Crippen molar-refractivity contribution in [3.8, 4) is 5.75 Å². The molecule has 1 fully saturated rings. The van der Waals surface area contributed by atoms with Crippen LogP contribution < -0.4 is 15.8 Å². The Morgan fingerprint density at radius 2 is 2.20 bits per heavy atom. The summed E-state index contributed by atoms with van der Waals surface area (Å²) in [7, 11) is 0. The molecule has 6 heteroatoms. The minimum atomic E-state index is -0.638. The number of amides is 1. The molecule has 0 bridgehead atoms. The Morgan fingerprint density at radius 3 is 2.75 bits per heavy atom. The molecule has 1 aromatic rings. The van der Waals surface area contributed by atoms with Gasteiger partial charge >= 0.3 is 0 Å². The van der Waals surface area contributed by atoms with Crippen molar-refractivity contribution in [3.05, 3.63) is 28.2 Å². The molecule has 0 heterocycles. The molecule has 1 aliphatic rings. The van der Waals surface area contributed by atoms with Crippen molar-refractivity contribution in [2.45, 2.75) is 31.9 Å². The topological polar surface area (TPSA) is 64.3 Å². The third-order valence-electron chi connectivity index (χ3n) is 3.34. The van der Waals surface area contributed by atoms with Crippen LogP contribution in [0.2, 0.25) is 10.0 Å². The highest BCUT2D eigenvalue weighted by molar-refractivity contribution is 6.35. The number of nitrogens with one attached hydrogen (secondary N) is 1. The molecule has 1 aliphatic carbocycles. The molecule has 0 radical (unpaired) electrons. The van der Waals surface area contributed by atoms with E-state index in [9.17, 15) is 4.79 Å². The summed E-state index contributed by atoms with van der Waals surface area (Å²) < 4.78 is 5.56. The van der Waals surface area contributed by atoms with Gasteiger partial charge in [0, 0.05) is 17.6 Å². The molecular formula is C14H18Cl2N2O2. The van der Waals surface area contributed by atoms with Crippen LogP contribution in [0.3, 0.4) is 0 Å². The maximum Gasteiger partial charge on any atom is 0.261 e. The lowest BCUT2D eigenvalue weighted by atomic mass is 10.2. The van der Waals surface area contributed by atoms with E-state index in [1.54, 1.807) is 25.1 Å². The molecular weight excluding hydrogens is 299 g/mol. The van der Waals surface area contributed by atoms with Crippen LogP contribution in [0.15, 0.2) is 18.2 Å². The molecule has 1 amide bonds. The smallest absolute Gasteiger partial charge is 0.261 e. The SMILES string of the molecule is CC(Oc1ccc(Cl)cc1Cl)C(=O)NC(CN)C1CC1. The van der Waals surface area contributed by atoms with Crippen LogP contribution in [0.1, 0.15) is 19.8 Å². The normalized spacial score (nSPS) is 17.4. The van der Waals surface area contributed by atoms with Gasteiger partial charge in [-0.15, -0.1) is 0 Å². The number of ether oxygens (including phenoxy) is 1. The lowest BCUT2D eigenvalue weighted by Gasteiger charge is -2.20. The summed E-state index contributed by atoms with van der Waals surface area (Å²) >= 11 is 11.8. The van der Waals surface area contributed by atoms with Crippen LogP contribution >= 0.6 is 23.2 Å². The van der Waals surface area contributed by atoms with E-state index in [4.69, 9.17) is 33.7 Å². The Kier molecular flexibility index (Phi) is 5.13. The summed E-state index contributed by atoms with van der Waals surface area (Å²) in [5.74, 6) is 0.767. The molecule has 0 aromatic heterocycles. The number of benzene rings is 1. The molecule has 4 nitrogen and oxygen atoms in total. The van der Waals surface area contributed by atoms with Gasteiger partial charge in [-0.25, -0.2) is 0 Å². The van der Waals surface area contributed by atoms with Gasteiger partial charge < -0.3 is 15.8 Å². The molecule has 20 heavy (non-hydrogen) atoms. The minimum absolute atomic E-state index is 0.0363. The Labute approximate surface area is 128 Å². The first-order chi connectivity index (χ1) is 9.51. The van der Waals surface area contributed by atoms with Gasteiger partial charge in [-0.2, -0.15) is 0 Å². The highest BCUT2D eigenvalue weighted by Crippen LogP contribution is 2.32. The molecule has 2 unspecified atom stereocenters. The van der Waals surface area contributed by atoms with Crippen molar-refractivity contribution in [2.24, 2.45) is 11.7 Å². The molecule has 0 spiro atoms. The molecule has 3 N–H and O–H groups in total. The van der Waals surface area contributed by atoms with Gasteiger partial charge in [0.1, 0.15) is 5.75 Å². The molecule has 110 valence electrons. The molecule has 2 atom stereocenters. The molecule has 0 aliphatic heterocycles. The quantitative estimate of drug-likeness (QED) is 0.848. The van der Waals surface area contributed by atoms with Crippen molar-refractivity contribution in [1.82, 2.24) is 5.32 Å². The number of carbonyl (C=O) groups excluding carboxylic acids is 1. The highest BCUT2D eigenvalue weighted by Gasteiger charge is 2.32. The third-order valence-corrected chi connectivity index (χ3v) is 3.87. The lowest BCUT2D eigenvalue weighted by molar-refractivity contribution is -0.128. The fourth-order valence-corrected chi connectivity index (χ4v) is 2.44. The van der Waals surface area contributed by atoms with Crippen LogP contribution in [0.4, 0.5) is 0 Å². The number of hydrogen-bond donors (Lipinski definition) is 2. The zero-order valence-corrected chi connectivity index (χ0v) is 12.7. The average Bonchev–Trinajstić information content (AvgIpc) is 3.23. The molecule has 2 rings (SSSR count). The van der Waals surface area contributed by atoms with Gasteiger partial charge in [-0.3, -0.25) is 4.79 Å². The van der Waals surface area contributed by atoms with Crippen LogP contribution in [-0.2, 0) is 4.79 Å². The standard InChI is InChI=1S/C14H18Cl2N2O2/c1-8(14(19)18-12(7-17)9-2-3-9)20-13-5-4-10(15)6-11(13)16/h4-6,8-9,12H,2-3,7,17H2,1H3,(H,18,19). The summed E-state index contributed by atoms with van der Waals surface area (Å²) in [6.07, 6.45) is 1.61. The fourth-order valence-electron chi connectivity index (χ4n) is 1.98. The van der Waals surface area contributed by atoms with E-state index in [-0.39, 0.29) is 11.9 Å². The van der Waals surface area contributed by atoms with Crippen LogP contribution in [0.25, 0.3) is 0 Å². The highest BCUT2D eigenvalue weighted by atomic mass is 35.5. The first-order valence-corrected chi connectivity index (χ1v) is 7.39. The van der Waals surface area contributed by atoms with Crippen LogP contribution in [-0.4, -0.2) is 24.6 Å². The van der Waals surface area contributed by atoms with Gasteiger partial charge in [-0.1, -0.05) is 23.2 Å². The Morgan fingerprint density at radius 1 is 1.50 bits per heavy atom. The second-order valence-corrected chi connectivity index (χ2v) is 5.87. The summed E-state index contributed by atoms with van der Waals surface area (Å²) in [6.45, 7) is 2.13. The van der Waals surface area contributed by atoms with E-state index in [2.05, 4.69) is 5.32 Å². The number of rotatable bonds is 6. The zero-order chi connectivity index (χ0) is 14.7. The first-order valence-electron chi connectivity index (χ1n) is 6.63. The largest absolute Gasteiger partial charge is 0.479 e. The molecule has 0 saturated heterocycles. The predicted octanol–water partition coefficient (Wildman–Crippen LogP) is 2.61. The van der Waals surface area contributed by atoms with Crippen molar-refractivity contribution in [1.29, 1.82) is 0 Å². The van der Waals surface area contributed by atoms with Gasteiger partial charge in [0.05, 0.1) is 5.02 Å². The second kappa shape index (κ2) is 6.66. The van der Waals surface area contributed by atoms with E-state index >= 15 is 0 Å². The van der Waals surface area contributed by atoms with E-state index in [1.807, 2.05) is 0 Å². The Bertz CT molecular complexity index is 492. The van der Waals surface area contributed by atoms with Crippen molar-refractivity contribution < 1.29 is 9.53 Å². The summed E-state index contributed by atoms with van der Waals surface area (Å²) in [5.41, 5.74) is 5.66. The number of carbonyl (C=O) groups is 1. The summed E-state index contributed by atoms with van der Waals surface area (Å²) in [6, 6.07) is 4.93. The van der Waals surface area contributed by atoms with E-state index < -0.39 is 6.10 Å². The Balaban J connectivity index is 1.93. The Hall–Kier alpha value is -0.970. The maximum absolute atomic E-state index is 12.1. The molecule has 1 aromatic carbocycles. The van der Waals surface area contributed by atoms with Crippen molar-refractivity contribution in [2.75, 3.05) is 6.54 Å². The van der Waals surface area contributed by atoms with E-state index in [0.29, 0.717) is 28.3 Å². The van der Waals surface area contributed by atoms with E-state index in [0.717, 1.165) is 12.8 Å². The van der Waals surface area contributed by atoms with Gasteiger partial charge in [0.15, 0.2) is 6.10 Å². The van der Waals surface area contributed by atoms with Gasteiger partial charge in [-0.05, 0) is 43.9 Å². The second-order valence-electron chi connectivity index (χ2n) is 5.02. The third kappa shape index (κ3) is 4.01. The summed E-state index contributed by atoms with van der Waals surface area (Å²) in [4.78, 5) is 12.1. The monoisotopic (exact) mass is 316 g/mol. The van der Waals surface area contributed by atoms with Crippen molar-refractivity contribution >= 4 is 29.1 Å². The van der Waals surface area contributed by atoms with E-state index in [1.165, 1.54) is 0 Å². The number of hydrogen-bond acceptors (Lipinski definition) is 3. The average molecular weight is 317 g/mol. The molecule has 1 saturated carbocycles. The summed E-state index contributed by atoms with van der Waals surface area (Å²) in [5, 5.41) is 3.83. The maximum atomic E-state index is 12.1. The number of nitrogens with two attached hydrogens (primary N) is 1. The zero-order valence-electron chi connectivity index (χ0n) is 11.2. The predicted molar refractivity (Wildman–Crippen MR) is 80.3 cm³/mol. The van der Waals surface area contributed by atoms with Gasteiger partial charge in [0.2, 0.25) is 0 Å². The minimum Gasteiger partial charge on any atom is -0.479 e. The number of halogens is 2. The van der Waals surface area contributed by atoms with Crippen LogP contribution in [0.5, 0.6) is 5.75 Å².